The van der Waals surface area contributed by atoms with Gasteiger partial charge in [-0.15, -0.1) is 0 Å². The Morgan fingerprint density at radius 3 is 2.45 bits per heavy atom. The van der Waals surface area contributed by atoms with Crippen LogP contribution in [0.3, 0.4) is 0 Å². The van der Waals surface area contributed by atoms with Crippen LogP contribution in [-0.4, -0.2) is 25.4 Å². The van der Waals surface area contributed by atoms with E-state index >= 15 is 0 Å². The average molecular weight is 321 g/mol. The van der Waals surface area contributed by atoms with Crippen molar-refractivity contribution >= 4 is 17.8 Å². The van der Waals surface area contributed by atoms with Crippen LogP contribution in [0.15, 0.2) is 35.5 Å². The van der Waals surface area contributed by atoms with Crippen LogP contribution in [0, 0.1) is 6.92 Å². The van der Waals surface area contributed by atoms with Crippen molar-refractivity contribution in [3.8, 4) is 11.5 Å². The molecule has 2 rings (SSSR count). The molecule has 0 aliphatic carbocycles. The van der Waals surface area contributed by atoms with E-state index in [4.69, 9.17) is 25.9 Å². The molecule has 0 radical (unpaired) electrons. The Morgan fingerprint density at radius 2 is 1.86 bits per heavy atom. The molecular formula is C16H17ClN2O3. The number of rotatable bonds is 6. The third-order valence-electron chi connectivity index (χ3n) is 2.94. The van der Waals surface area contributed by atoms with Crippen LogP contribution in [0.1, 0.15) is 17.0 Å². The summed E-state index contributed by atoms with van der Waals surface area (Å²) in [6.07, 6.45) is 1.51. The Kier molecular flexibility index (Phi) is 5.61. The van der Waals surface area contributed by atoms with Crippen LogP contribution >= 0.6 is 11.6 Å². The minimum atomic E-state index is 0.225. The second kappa shape index (κ2) is 7.66. The molecule has 0 saturated carbocycles. The van der Waals surface area contributed by atoms with E-state index in [0.717, 1.165) is 11.3 Å². The van der Waals surface area contributed by atoms with Crippen molar-refractivity contribution in [3.63, 3.8) is 0 Å². The lowest BCUT2D eigenvalue weighted by molar-refractivity contribution is 0.127. The molecule has 22 heavy (non-hydrogen) atoms. The van der Waals surface area contributed by atoms with E-state index in [1.165, 1.54) is 6.21 Å². The van der Waals surface area contributed by atoms with Crippen LogP contribution in [0.2, 0.25) is 5.02 Å². The van der Waals surface area contributed by atoms with Crippen molar-refractivity contribution in [2.45, 2.75) is 13.5 Å². The summed E-state index contributed by atoms with van der Waals surface area (Å²) in [5.74, 6) is 1.37. The molecule has 2 aromatic rings. The third kappa shape index (κ3) is 4.11. The number of aryl methyl sites for hydroxylation is 1. The molecular weight excluding hydrogens is 304 g/mol. The first-order valence-electron chi connectivity index (χ1n) is 6.63. The second-order valence-corrected chi connectivity index (χ2v) is 4.94. The molecule has 0 unspecified atom stereocenters. The minimum absolute atomic E-state index is 0.225. The van der Waals surface area contributed by atoms with Gasteiger partial charge in [-0.05, 0) is 31.2 Å². The molecule has 0 spiro atoms. The van der Waals surface area contributed by atoms with Gasteiger partial charge in [0.2, 0.25) is 0 Å². The minimum Gasteiger partial charge on any atom is -0.496 e. The van der Waals surface area contributed by atoms with Crippen LogP contribution in [0.5, 0.6) is 11.5 Å². The number of hydrogen-bond donors (Lipinski definition) is 0. The molecule has 1 aromatic heterocycles. The Labute approximate surface area is 134 Å². The summed E-state index contributed by atoms with van der Waals surface area (Å²) in [6.45, 7) is 2.09. The molecule has 6 heteroatoms. The molecule has 1 aromatic carbocycles. The first-order valence-corrected chi connectivity index (χ1v) is 7.01. The quantitative estimate of drug-likeness (QED) is 0.602. The van der Waals surface area contributed by atoms with Crippen molar-refractivity contribution in [3.05, 3.63) is 52.3 Å². The van der Waals surface area contributed by atoms with Gasteiger partial charge < -0.3 is 14.3 Å². The largest absolute Gasteiger partial charge is 0.496 e. The smallest absolute Gasteiger partial charge is 0.149 e. The summed E-state index contributed by atoms with van der Waals surface area (Å²) in [7, 11) is 3.19. The zero-order valence-corrected chi connectivity index (χ0v) is 13.4. The van der Waals surface area contributed by atoms with E-state index in [1.54, 1.807) is 26.4 Å². The topological polar surface area (TPSA) is 52.9 Å². The van der Waals surface area contributed by atoms with Crippen LogP contribution in [0.25, 0.3) is 0 Å². The highest BCUT2D eigenvalue weighted by atomic mass is 35.5. The second-order valence-electron chi connectivity index (χ2n) is 4.50. The van der Waals surface area contributed by atoms with Gasteiger partial charge in [0.05, 0.1) is 31.7 Å². The number of pyridine rings is 1. The number of ether oxygens (including phenoxy) is 2. The van der Waals surface area contributed by atoms with Gasteiger partial charge in [-0.2, -0.15) is 0 Å². The average Bonchev–Trinajstić information content (AvgIpc) is 2.50. The van der Waals surface area contributed by atoms with Gasteiger partial charge in [0, 0.05) is 10.7 Å². The third-order valence-corrected chi connectivity index (χ3v) is 3.15. The van der Waals surface area contributed by atoms with Gasteiger partial charge in [-0.25, -0.2) is 0 Å². The van der Waals surface area contributed by atoms with Crippen LogP contribution in [0.4, 0.5) is 0 Å². The first kappa shape index (κ1) is 16.1. The molecule has 0 bridgehead atoms. The van der Waals surface area contributed by atoms with E-state index in [9.17, 15) is 0 Å². The van der Waals surface area contributed by atoms with Crippen molar-refractivity contribution in [2.75, 3.05) is 14.2 Å². The fourth-order valence-electron chi connectivity index (χ4n) is 1.98. The van der Waals surface area contributed by atoms with E-state index in [1.807, 2.05) is 25.1 Å². The molecule has 0 aliphatic rings. The zero-order valence-electron chi connectivity index (χ0n) is 12.7. The van der Waals surface area contributed by atoms with E-state index in [-0.39, 0.29) is 6.61 Å². The lowest BCUT2D eigenvalue weighted by atomic mass is 10.2. The fourth-order valence-corrected chi connectivity index (χ4v) is 2.25. The van der Waals surface area contributed by atoms with Crippen LogP contribution in [-0.2, 0) is 11.4 Å². The number of oxime groups is 1. The van der Waals surface area contributed by atoms with Crippen molar-refractivity contribution in [1.82, 2.24) is 4.98 Å². The maximum Gasteiger partial charge on any atom is 0.149 e. The molecule has 0 atom stereocenters. The summed E-state index contributed by atoms with van der Waals surface area (Å²) < 4.78 is 10.6. The number of hydrogen-bond acceptors (Lipinski definition) is 5. The van der Waals surface area contributed by atoms with E-state index in [2.05, 4.69) is 10.1 Å². The highest BCUT2D eigenvalue weighted by Gasteiger charge is 2.09. The maximum atomic E-state index is 5.96. The van der Waals surface area contributed by atoms with Gasteiger partial charge in [0.15, 0.2) is 0 Å². The molecule has 5 nitrogen and oxygen atoms in total. The van der Waals surface area contributed by atoms with E-state index in [0.29, 0.717) is 22.2 Å². The number of methoxy groups -OCH3 is 2. The monoisotopic (exact) mass is 320 g/mol. The Balaban J connectivity index is 2.06. The molecule has 1 heterocycles. The molecule has 116 valence electrons. The predicted molar refractivity (Wildman–Crippen MR) is 85.9 cm³/mol. The zero-order chi connectivity index (χ0) is 15.9. The fraction of sp³-hybridized carbons (Fsp3) is 0.250. The molecule has 0 fully saturated rings. The lowest BCUT2D eigenvalue weighted by Crippen LogP contribution is -1.98. The van der Waals surface area contributed by atoms with E-state index < -0.39 is 0 Å². The SMILES string of the molecule is COc1cccc(OC)c1CON=Cc1cc(Cl)cc(C)n1. The number of nitrogens with zero attached hydrogens (tertiary/aromatic N) is 2. The first-order chi connectivity index (χ1) is 10.6. The standard InChI is InChI=1S/C16H17ClN2O3/c1-11-7-12(17)8-13(19-11)9-18-22-10-14-15(20-2)5-4-6-16(14)21-3/h4-9H,10H2,1-3H3. The van der Waals surface area contributed by atoms with Gasteiger partial charge in [0.1, 0.15) is 18.1 Å². The molecule has 0 aliphatic heterocycles. The highest BCUT2D eigenvalue weighted by molar-refractivity contribution is 6.30. The van der Waals surface area contributed by atoms with Crippen molar-refractivity contribution in [1.29, 1.82) is 0 Å². The number of benzene rings is 1. The Morgan fingerprint density at radius 1 is 1.18 bits per heavy atom. The highest BCUT2D eigenvalue weighted by Crippen LogP contribution is 2.28. The lowest BCUT2D eigenvalue weighted by Gasteiger charge is -2.11. The molecule has 0 amide bonds. The van der Waals surface area contributed by atoms with Gasteiger partial charge >= 0.3 is 0 Å². The summed E-state index contributed by atoms with van der Waals surface area (Å²) in [4.78, 5) is 9.60. The number of aromatic nitrogens is 1. The van der Waals surface area contributed by atoms with Crippen molar-refractivity contribution < 1.29 is 14.3 Å². The predicted octanol–water partition coefficient (Wildman–Crippen LogP) is 3.61. The van der Waals surface area contributed by atoms with Crippen molar-refractivity contribution in [2.24, 2.45) is 5.16 Å². The summed E-state index contributed by atoms with van der Waals surface area (Å²) in [6, 6.07) is 9.02. The van der Waals surface area contributed by atoms with Gasteiger partial charge in [-0.3, -0.25) is 4.98 Å². The summed E-state index contributed by atoms with van der Waals surface area (Å²) >= 11 is 5.96. The Hall–Kier alpha value is -2.27. The van der Waals surface area contributed by atoms with Crippen LogP contribution < -0.4 is 9.47 Å². The summed E-state index contributed by atoms with van der Waals surface area (Å²) in [5.41, 5.74) is 2.25. The molecule has 0 saturated heterocycles. The Bertz CT molecular complexity index is 632. The maximum absolute atomic E-state index is 5.96. The normalized spacial score (nSPS) is 10.7. The molecule has 0 N–H and O–H groups in total. The number of halogens is 1. The summed E-state index contributed by atoms with van der Waals surface area (Å²) in [5, 5.41) is 4.52. The van der Waals surface area contributed by atoms with Gasteiger partial charge in [0.25, 0.3) is 0 Å². The van der Waals surface area contributed by atoms with Gasteiger partial charge in [-0.1, -0.05) is 22.8 Å².